The van der Waals surface area contributed by atoms with Crippen molar-refractivity contribution < 1.29 is 4.79 Å². The van der Waals surface area contributed by atoms with E-state index < -0.39 is 0 Å². The van der Waals surface area contributed by atoms with E-state index in [2.05, 4.69) is 34.6 Å². The lowest BCUT2D eigenvalue weighted by atomic mass is 10.1. The van der Waals surface area contributed by atoms with Crippen LogP contribution >= 0.6 is 0 Å². The number of hydrogen-bond donors (Lipinski definition) is 3. The minimum Gasteiger partial charge on any atom is -0.381 e. The average Bonchev–Trinajstić information content (AvgIpc) is 2.93. The number of hydrogen-bond acceptors (Lipinski definition) is 2. The van der Waals surface area contributed by atoms with Crippen LogP contribution < -0.4 is 11.1 Å². The van der Waals surface area contributed by atoms with Crippen molar-refractivity contribution >= 4 is 22.5 Å². The summed E-state index contributed by atoms with van der Waals surface area (Å²) in [6, 6.07) is 16.1. The van der Waals surface area contributed by atoms with E-state index in [1.165, 1.54) is 10.9 Å². The van der Waals surface area contributed by atoms with Gasteiger partial charge in [0, 0.05) is 23.9 Å². The molecule has 0 fully saturated rings. The van der Waals surface area contributed by atoms with Gasteiger partial charge in [-0.3, -0.25) is 4.79 Å². The van der Waals surface area contributed by atoms with Crippen molar-refractivity contribution in [2.24, 2.45) is 5.73 Å². The molecule has 0 atom stereocenters. The lowest BCUT2D eigenvalue weighted by Crippen LogP contribution is -2.15. The van der Waals surface area contributed by atoms with Crippen molar-refractivity contribution in [3.63, 3.8) is 0 Å². The first-order valence-corrected chi connectivity index (χ1v) is 6.88. The average molecular weight is 279 g/mol. The molecule has 0 spiro atoms. The first-order chi connectivity index (χ1) is 10.2. The van der Waals surface area contributed by atoms with Gasteiger partial charge in [-0.15, -0.1) is 0 Å². The van der Waals surface area contributed by atoms with Gasteiger partial charge in [0.05, 0.1) is 6.42 Å². The van der Waals surface area contributed by atoms with Crippen molar-refractivity contribution in [3.8, 4) is 0 Å². The molecule has 0 aliphatic carbocycles. The molecule has 4 nitrogen and oxygen atoms in total. The zero-order valence-corrected chi connectivity index (χ0v) is 11.6. The van der Waals surface area contributed by atoms with Crippen LogP contribution in [0.15, 0.2) is 54.7 Å². The number of benzene rings is 2. The van der Waals surface area contributed by atoms with E-state index in [1.807, 2.05) is 30.5 Å². The Morgan fingerprint density at radius 1 is 1.14 bits per heavy atom. The minimum atomic E-state index is -0.321. The Morgan fingerprint density at radius 3 is 2.86 bits per heavy atom. The summed E-state index contributed by atoms with van der Waals surface area (Å²) >= 11 is 0. The summed E-state index contributed by atoms with van der Waals surface area (Å²) in [6.45, 7) is 0.705. The molecule has 0 saturated carbocycles. The molecule has 4 heteroatoms. The third kappa shape index (κ3) is 3.05. The SMILES string of the molecule is NC(=O)Cc1ccccc1NCc1ccc2[nH]ccc2c1. The highest BCUT2D eigenvalue weighted by molar-refractivity contribution is 5.80. The van der Waals surface area contributed by atoms with E-state index >= 15 is 0 Å². The molecule has 2 aromatic carbocycles. The molecule has 0 radical (unpaired) electrons. The number of aromatic nitrogens is 1. The Kier molecular flexibility index (Phi) is 3.60. The van der Waals surface area contributed by atoms with Gasteiger partial charge in [-0.1, -0.05) is 24.3 Å². The first-order valence-electron chi connectivity index (χ1n) is 6.88. The molecule has 0 bridgehead atoms. The maximum atomic E-state index is 11.1. The van der Waals surface area contributed by atoms with Crippen LogP contribution in [0.3, 0.4) is 0 Å². The Labute approximate surface area is 123 Å². The van der Waals surface area contributed by atoms with Crippen LogP contribution in [0.5, 0.6) is 0 Å². The number of aromatic amines is 1. The number of carbonyl (C=O) groups is 1. The molecule has 21 heavy (non-hydrogen) atoms. The van der Waals surface area contributed by atoms with Gasteiger partial charge >= 0.3 is 0 Å². The molecule has 1 amide bonds. The molecule has 0 aliphatic rings. The zero-order chi connectivity index (χ0) is 14.7. The molecule has 0 aliphatic heterocycles. The van der Waals surface area contributed by atoms with Crippen molar-refractivity contribution in [1.29, 1.82) is 0 Å². The number of amides is 1. The van der Waals surface area contributed by atoms with E-state index in [9.17, 15) is 4.79 Å². The fraction of sp³-hybridized carbons (Fsp3) is 0.118. The third-order valence-corrected chi connectivity index (χ3v) is 3.48. The van der Waals surface area contributed by atoms with Crippen molar-refractivity contribution in [1.82, 2.24) is 4.98 Å². The van der Waals surface area contributed by atoms with Gasteiger partial charge in [-0.2, -0.15) is 0 Å². The maximum Gasteiger partial charge on any atom is 0.221 e. The third-order valence-electron chi connectivity index (χ3n) is 3.48. The van der Waals surface area contributed by atoms with Crippen LogP contribution in [0.4, 0.5) is 5.69 Å². The Bertz CT molecular complexity index is 776. The monoisotopic (exact) mass is 279 g/mol. The van der Waals surface area contributed by atoms with Crippen LogP contribution in [-0.2, 0) is 17.8 Å². The number of rotatable bonds is 5. The normalized spacial score (nSPS) is 10.7. The first kappa shape index (κ1) is 13.2. The van der Waals surface area contributed by atoms with Crippen LogP contribution in [0.1, 0.15) is 11.1 Å². The van der Waals surface area contributed by atoms with Crippen LogP contribution in [0.2, 0.25) is 0 Å². The topological polar surface area (TPSA) is 70.9 Å². The molecular weight excluding hydrogens is 262 g/mol. The molecule has 4 N–H and O–H groups in total. The summed E-state index contributed by atoms with van der Waals surface area (Å²) < 4.78 is 0. The largest absolute Gasteiger partial charge is 0.381 e. The van der Waals surface area contributed by atoms with E-state index in [0.717, 1.165) is 16.8 Å². The number of para-hydroxylation sites is 1. The lowest BCUT2D eigenvalue weighted by Gasteiger charge is -2.11. The van der Waals surface area contributed by atoms with Gasteiger partial charge in [0.2, 0.25) is 5.91 Å². The second-order valence-electron chi connectivity index (χ2n) is 5.05. The van der Waals surface area contributed by atoms with Gasteiger partial charge in [0.15, 0.2) is 0 Å². The van der Waals surface area contributed by atoms with E-state index in [1.54, 1.807) is 0 Å². The molecule has 1 aromatic heterocycles. The molecule has 106 valence electrons. The Hall–Kier alpha value is -2.75. The summed E-state index contributed by atoms with van der Waals surface area (Å²) in [4.78, 5) is 14.3. The number of H-pyrrole nitrogens is 1. The van der Waals surface area contributed by atoms with Crippen LogP contribution in [0, 0.1) is 0 Å². The fourth-order valence-electron chi connectivity index (χ4n) is 2.44. The summed E-state index contributed by atoms with van der Waals surface area (Å²) in [5, 5.41) is 4.57. The second kappa shape index (κ2) is 5.71. The number of carbonyl (C=O) groups excluding carboxylic acids is 1. The maximum absolute atomic E-state index is 11.1. The number of fused-ring (bicyclic) bond motifs is 1. The van der Waals surface area contributed by atoms with Crippen LogP contribution in [-0.4, -0.2) is 10.9 Å². The number of nitrogens with one attached hydrogen (secondary N) is 2. The van der Waals surface area contributed by atoms with Crippen molar-refractivity contribution in [2.75, 3.05) is 5.32 Å². The lowest BCUT2D eigenvalue weighted by molar-refractivity contribution is -0.117. The molecular formula is C17H17N3O. The summed E-state index contributed by atoms with van der Waals surface area (Å²) in [7, 11) is 0. The van der Waals surface area contributed by atoms with E-state index in [-0.39, 0.29) is 12.3 Å². The fourth-order valence-corrected chi connectivity index (χ4v) is 2.44. The predicted octanol–water partition coefficient (Wildman–Crippen LogP) is 2.81. The highest BCUT2D eigenvalue weighted by atomic mass is 16.1. The van der Waals surface area contributed by atoms with Gasteiger partial charge in [0.25, 0.3) is 0 Å². The molecule has 1 heterocycles. The van der Waals surface area contributed by atoms with Crippen molar-refractivity contribution in [2.45, 2.75) is 13.0 Å². The van der Waals surface area contributed by atoms with Gasteiger partial charge in [-0.25, -0.2) is 0 Å². The smallest absolute Gasteiger partial charge is 0.221 e. The predicted molar refractivity (Wildman–Crippen MR) is 85.0 cm³/mol. The molecule has 0 unspecified atom stereocenters. The highest BCUT2D eigenvalue weighted by Crippen LogP contribution is 2.18. The highest BCUT2D eigenvalue weighted by Gasteiger charge is 2.05. The standard InChI is InChI=1S/C17H17N3O/c18-17(21)10-13-3-1-2-4-15(13)20-11-12-5-6-16-14(9-12)7-8-19-16/h1-9,19-20H,10-11H2,(H2,18,21). The number of primary amides is 1. The number of anilines is 1. The minimum absolute atomic E-state index is 0.250. The Morgan fingerprint density at radius 2 is 2.00 bits per heavy atom. The zero-order valence-electron chi connectivity index (χ0n) is 11.6. The number of nitrogens with two attached hydrogens (primary N) is 1. The molecule has 0 saturated heterocycles. The van der Waals surface area contributed by atoms with E-state index in [0.29, 0.717) is 6.54 Å². The molecule has 3 aromatic rings. The quantitative estimate of drug-likeness (QED) is 0.672. The van der Waals surface area contributed by atoms with E-state index in [4.69, 9.17) is 5.73 Å². The second-order valence-corrected chi connectivity index (χ2v) is 5.05. The Balaban J connectivity index is 1.76. The van der Waals surface area contributed by atoms with Gasteiger partial charge < -0.3 is 16.0 Å². The molecule has 3 rings (SSSR count). The van der Waals surface area contributed by atoms with Crippen LogP contribution in [0.25, 0.3) is 10.9 Å². The van der Waals surface area contributed by atoms with Gasteiger partial charge in [0.1, 0.15) is 0 Å². The summed E-state index contributed by atoms with van der Waals surface area (Å²) in [5.41, 5.74) is 9.48. The summed E-state index contributed by atoms with van der Waals surface area (Å²) in [6.07, 6.45) is 2.18. The van der Waals surface area contributed by atoms with Crippen molar-refractivity contribution in [3.05, 3.63) is 65.9 Å². The van der Waals surface area contributed by atoms with Gasteiger partial charge in [-0.05, 0) is 40.8 Å². The summed E-state index contributed by atoms with van der Waals surface area (Å²) in [5.74, 6) is -0.321.